The van der Waals surface area contributed by atoms with Crippen molar-refractivity contribution in [3.05, 3.63) is 67.0 Å². The maximum absolute atomic E-state index is 4.32. The van der Waals surface area contributed by atoms with Crippen LogP contribution in [0.25, 0.3) is 17.0 Å². The normalized spacial score (nSPS) is 11.3. The first-order chi connectivity index (χ1) is 8.74. The zero-order chi connectivity index (χ0) is 13.0. The molecule has 18 heavy (non-hydrogen) atoms. The van der Waals surface area contributed by atoms with E-state index in [9.17, 15) is 0 Å². The predicted molar refractivity (Wildman–Crippen MR) is 74.9 cm³/mol. The fourth-order valence-corrected chi connectivity index (χ4v) is 1.72. The Kier molecular flexibility index (Phi) is 3.53. The summed E-state index contributed by atoms with van der Waals surface area (Å²) in [6.07, 6.45) is 5.49. The van der Waals surface area contributed by atoms with Gasteiger partial charge in [-0.3, -0.25) is 5.10 Å². The van der Waals surface area contributed by atoms with Gasteiger partial charge >= 0.3 is 0 Å². The Balaban J connectivity index is 2.44. The molecule has 90 valence electrons. The monoisotopic (exact) mass is 237 g/mol. The van der Waals surface area contributed by atoms with E-state index < -0.39 is 0 Å². The van der Waals surface area contributed by atoms with Gasteiger partial charge in [-0.05, 0) is 24.1 Å². The molecular formula is C15H15N3. The standard InChI is InChI=1S/C15H15N3/c1-4-7-12(5-2)13-8-6-9-14(10-13)15-16-11(3)17-18-15/h4-10H,1-2H2,3H3,(H,16,17,18)/b12-7+. The number of nitrogens with zero attached hydrogens (tertiary/aromatic N) is 2. The van der Waals surface area contributed by atoms with Gasteiger partial charge in [0.05, 0.1) is 0 Å². The largest absolute Gasteiger partial charge is 0.263 e. The number of H-pyrrole nitrogens is 1. The Morgan fingerprint density at radius 3 is 2.78 bits per heavy atom. The summed E-state index contributed by atoms with van der Waals surface area (Å²) in [7, 11) is 0. The molecule has 0 saturated heterocycles. The maximum Gasteiger partial charge on any atom is 0.181 e. The summed E-state index contributed by atoms with van der Waals surface area (Å²) >= 11 is 0. The highest BCUT2D eigenvalue weighted by Gasteiger charge is 2.05. The van der Waals surface area contributed by atoms with E-state index in [-0.39, 0.29) is 0 Å². The first kappa shape index (κ1) is 12.0. The highest BCUT2D eigenvalue weighted by molar-refractivity contribution is 5.77. The van der Waals surface area contributed by atoms with Gasteiger partial charge < -0.3 is 0 Å². The average Bonchev–Trinajstić information content (AvgIpc) is 2.83. The van der Waals surface area contributed by atoms with Crippen LogP contribution < -0.4 is 0 Å². The van der Waals surface area contributed by atoms with Crippen molar-refractivity contribution in [2.24, 2.45) is 0 Å². The molecule has 1 heterocycles. The van der Waals surface area contributed by atoms with Crippen molar-refractivity contribution in [1.29, 1.82) is 0 Å². The molecule has 3 heteroatoms. The summed E-state index contributed by atoms with van der Waals surface area (Å²) in [5, 5.41) is 7.00. The molecule has 0 bridgehead atoms. The van der Waals surface area contributed by atoms with E-state index in [0.717, 1.165) is 22.5 Å². The SMILES string of the molecule is C=C/C=C(\C=C)c1cccc(-c2n[nH]c(C)n2)c1. The van der Waals surface area contributed by atoms with Gasteiger partial charge in [-0.25, -0.2) is 4.98 Å². The quantitative estimate of drug-likeness (QED) is 0.826. The third-order valence-electron chi connectivity index (χ3n) is 2.57. The molecule has 2 aromatic rings. The van der Waals surface area contributed by atoms with Crippen molar-refractivity contribution in [2.45, 2.75) is 6.92 Å². The topological polar surface area (TPSA) is 41.6 Å². The number of aryl methyl sites for hydroxylation is 1. The Morgan fingerprint density at radius 2 is 2.17 bits per heavy atom. The fraction of sp³-hybridized carbons (Fsp3) is 0.0667. The van der Waals surface area contributed by atoms with Crippen molar-refractivity contribution < 1.29 is 0 Å². The van der Waals surface area contributed by atoms with E-state index in [0.29, 0.717) is 5.82 Å². The van der Waals surface area contributed by atoms with Crippen LogP contribution in [0.4, 0.5) is 0 Å². The van der Waals surface area contributed by atoms with Crippen LogP contribution in [0.15, 0.2) is 55.7 Å². The first-order valence-electron chi connectivity index (χ1n) is 5.69. The van der Waals surface area contributed by atoms with Crippen molar-refractivity contribution in [2.75, 3.05) is 0 Å². The lowest BCUT2D eigenvalue weighted by Gasteiger charge is -2.03. The molecule has 0 aliphatic carbocycles. The van der Waals surface area contributed by atoms with Crippen LogP contribution in [-0.4, -0.2) is 15.2 Å². The number of benzene rings is 1. The number of hydrogen-bond donors (Lipinski definition) is 1. The molecule has 0 aliphatic heterocycles. The maximum atomic E-state index is 4.32. The fourth-order valence-electron chi connectivity index (χ4n) is 1.72. The Labute approximate surface area is 107 Å². The highest BCUT2D eigenvalue weighted by Crippen LogP contribution is 2.22. The third kappa shape index (κ3) is 2.46. The smallest absolute Gasteiger partial charge is 0.181 e. The minimum atomic E-state index is 0.705. The molecule has 0 aliphatic rings. The Bertz CT molecular complexity index is 606. The lowest BCUT2D eigenvalue weighted by atomic mass is 10.0. The van der Waals surface area contributed by atoms with Crippen LogP contribution in [0.2, 0.25) is 0 Å². The molecule has 0 saturated carbocycles. The lowest BCUT2D eigenvalue weighted by molar-refractivity contribution is 1.04. The van der Waals surface area contributed by atoms with Gasteiger partial charge in [-0.15, -0.1) is 0 Å². The summed E-state index contributed by atoms with van der Waals surface area (Å²) in [4.78, 5) is 4.32. The summed E-state index contributed by atoms with van der Waals surface area (Å²) in [5.74, 6) is 1.51. The van der Waals surface area contributed by atoms with Gasteiger partial charge in [0.25, 0.3) is 0 Å². The first-order valence-corrected chi connectivity index (χ1v) is 5.69. The molecule has 1 N–H and O–H groups in total. The summed E-state index contributed by atoms with van der Waals surface area (Å²) < 4.78 is 0. The number of allylic oxidation sites excluding steroid dienone is 4. The second-order valence-corrected chi connectivity index (χ2v) is 3.89. The molecule has 0 unspecified atom stereocenters. The molecule has 0 radical (unpaired) electrons. The van der Waals surface area contributed by atoms with Gasteiger partial charge in [-0.1, -0.05) is 49.6 Å². The number of aromatic amines is 1. The van der Waals surface area contributed by atoms with Crippen LogP contribution in [0.1, 0.15) is 11.4 Å². The molecule has 0 amide bonds. The molecule has 3 nitrogen and oxygen atoms in total. The molecule has 0 fully saturated rings. The number of aromatic nitrogens is 3. The van der Waals surface area contributed by atoms with E-state index >= 15 is 0 Å². The van der Waals surface area contributed by atoms with Crippen LogP contribution in [0.5, 0.6) is 0 Å². The van der Waals surface area contributed by atoms with Crippen molar-refractivity contribution in [3.63, 3.8) is 0 Å². The van der Waals surface area contributed by atoms with Gasteiger partial charge in [0.15, 0.2) is 5.82 Å². The zero-order valence-corrected chi connectivity index (χ0v) is 10.4. The summed E-state index contributed by atoms with van der Waals surface area (Å²) in [6, 6.07) is 8.04. The number of nitrogens with one attached hydrogen (secondary N) is 1. The summed E-state index contributed by atoms with van der Waals surface area (Å²) in [6.45, 7) is 9.40. The second-order valence-electron chi connectivity index (χ2n) is 3.89. The Morgan fingerprint density at radius 1 is 1.33 bits per heavy atom. The molecule has 2 rings (SSSR count). The van der Waals surface area contributed by atoms with Crippen molar-refractivity contribution in [1.82, 2.24) is 15.2 Å². The minimum absolute atomic E-state index is 0.705. The third-order valence-corrected chi connectivity index (χ3v) is 2.57. The van der Waals surface area contributed by atoms with E-state index in [4.69, 9.17) is 0 Å². The number of hydrogen-bond acceptors (Lipinski definition) is 2. The minimum Gasteiger partial charge on any atom is -0.263 e. The van der Waals surface area contributed by atoms with Gasteiger partial charge in [0, 0.05) is 5.56 Å². The van der Waals surface area contributed by atoms with Crippen LogP contribution in [-0.2, 0) is 0 Å². The van der Waals surface area contributed by atoms with Gasteiger partial charge in [-0.2, -0.15) is 5.10 Å². The lowest BCUT2D eigenvalue weighted by Crippen LogP contribution is -1.85. The highest BCUT2D eigenvalue weighted by atomic mass is 15.2. The van der Waals surface area contributed by atoms with Crippen LogP contribution >= 0.6 is 0 Å². The van der Waals surface area contributed by atoms with Gasteiger partial charge in [0.2, 0.25) is 0 Å². The van der Waals surface area contributed by atoms with E-state index in [2.05, 4.69) is 28.3 Å². The van der Waals surface area contributed by atoms with Crippen molar-refractivity contribution in [3.8, 4) is 11.4 Å². The zero-order valence-electron chi connectivity index (χ0n) is 10.4. The van der Waals surface area contributed by atoms with E-state index in [1.807, 2.05) is 43.3 Å². The number of rotatable bonds is 4. The summed E-state index contributed by atoms with van der Waals surface area (Å²) in [5.41, 5.74) is 3.08. The molecule has 0 spiro atoms. The molecule has 1 aromatic heterocycles. The van der Waals surface area contributed by atoms with Crippen molar-refractivity contribution >= 4 is 5.57 Å². The Hall–Kier alpha value is -2.42. The second kappa shape index (κ2) is 5.27. The predicted octanol–water partition coefficient (Wildman–Crippen LogP) is 3.54. The van der Waals surface area contributed by atoms with E-state index in [1.165, 1.54) is 0 Å². The average molecular weight is 237 g/mol. The molecule has 0 atom stereocenters. The van der Waals surface area contributed by atoms with Crippen LogP contribution in [0, 0.1) is 6.92 Å². The molecule has 1 aromatic carbocycles. The molecular weight excluding hydrogens is 222 g/mol. The van der Waals surface area contributed by atoms with Crippen LogP contribution in [0.3, 0.4) is 0 Å². The van der Waals surface area contributed by atoms with Gasteiger partial charge in [0.1, 0.15) is 5.82 Å². The van der Waals surface area contributed by atoms with E-state index in [1.54, 1.807) is 6.08 Å².